The number of fused-ring (bicyclic) bond motifs is 2. The van der Waals surface area contributed by atoms with Crippen molar-refractivity contribution < 1.29 is 29.0 Å². The standard InChI is InChI=1S/C23H29N.C16H30N2O6/c1-2-3-4-5-6-11-16-24-18-23-21-14-9-7-12-19(21)17-20-13-8-10-15-22(20)23;1-15(2,3)23-13(21)17-10-8-7-9-11(12(19)20)18-14(22)24-16(4,5)6/h7-10,12-15,17,24H,2-6,11,16,18H2,1H3;11H,7-10H2,1-6H3,(H,17,21)(H,18,22)(H,19,20)/t;11-/m.0/s1. The van der Waals surface area contributed by atoms with Gasteiger partial charge in [0.05, 0.1) is 0 Å². The van der Waals surface area contributed by atoms with E-state index < -0.39 is 35.4 Å². The third-order valence-electron chi connectivity index (χ3n) is 7.47. The topological polar surface area (TPSA) is 126 Å². The number of carboxylic acid groups (broad SMARTS) is 1. The molecule has 3 aromatic carbocycles. The van der Waals surface area contributed by atoms with Gasteiger partial charge in [-0.15, -0.1) is 0 Å². The third kappa shape index (κ3) is 16.3. The molecule has 0 aliphatic rings. The number of aliphatic carboxylic acids is 1. The molecule has 9 heteroatoms. The summed E-state index contributed by atoms with van der Waals surface area (Å²) in [6, 6.07) is 18.8. The lowest BCUT2D eigenvalue weighted by Crippen LogP contribution is -2.43. The first-order valence-electron chi connectivity index (χ1n) is 17.5. The monoisotopic (exact) mass is 665 g/mol. The summed E-state index contributed by atoms with van der Waals surface area (Å²) in [5.74, 6) is -1.12. The lowest BCUT2D eigenvalue weighted by molar-refractivity contribution is -0.139. The molecular weight excluding hydrogens is 606 g/mol. The van der Waals surface area contributed by atoms with Gasteiger partial charge in [0.1, 0.15) is 17.2 Å². The van der Waals surface area contributed by atoms with Crippen LogP contribution in [-0.4, -0.2) is 53.6 Å². The highest BCUT2D eigenvalue weighted by atomic mass is 16.6. The summed E-state index contributed by atoms with van der Waals surface area (Å²) in [7, 11) is 0. The summed E-state index contributed by atoms with van der Waals surface area (Å²) in [6.45, 7) is 15.1. The second kappa shape index (κ2) is 20.5. The van der Waals surface area contributed by atoms with Crippen LogP contribution in [-0.2, 0) is 20.8 Å². The molecule has 0 saturated heterocycles. The Labute approximate surface area is 287 Å². The van der Waals surface area contributed by atoms with E-state index in [1.807, 2.05) is 0 Å². The van der Waals surface area contributed by atoms with E-state index in [0.717, 1.165) is 13.1 Å². The minimum absolute atomic E-state index is 0.241. The zero-order chi connectivity index (χ0) is 35.6. The lowest BCUT2D eigenvalue weighted by atomic mass is 9.97. The van der Waals surface area contributed by atoms with Crippen molar-refractivity contribution in [1.29, 1.82) is 0 Å². The second-order valence-corrected chi connectivity index (χ2v) is 14.2. The van der Waals surface area contributed by atoms with Crippen LogP contribution in [0.25, 0.3) is 21.5 Å². The van der Waals surface area contributed by atoms with Gasteiger partial charge in [-0.3, -0.25) is 0 Å². The zero-order valence-electron chi connectivity index (χ0n) is 30.2. The summed E-state index contributed by atoms with van der Waals surface area (Å²) < 4.78 is 10.1. The van der Waals surface area contributed by atoms with Crippen molar-refractivity contribution >= 4 is 39.7 Å². The largest absolute Gasteiger partial charge is 0.480 e. The SMILES string of the molecule is CC(C)(C)OC(=O)NCCCC[C@H](NC(=O)OC(C)(C)C)C(=O)O.CCCCCCCCNCc1c2ccccc2cc2ccccc12. The van der Waals surface area contributed by atoms with Crippen molar-refractivity contribution in [3.05, 3.63) is 60.2 Å². The van der Waals surface area contributed by atoms with E-state index >= 15 is 0 Å². The molecule has 0 aliphatic carbocycles. The van der Waals surface area contributed by atoms with Crippen LogP contribution >= 0.6 is 0 Å². The highest BCUT2D eigenvalue weighted by Crippen LogP contribution is 2.28. The number of carbonyl (C=O) groups excluding carboxylic acids is 2. The quantitative estimate of drug-likeness (QED) is 0.0888. The number of ether oxygens (including phenoxy) is 2. The normalized spacial score (nSPS) is 12.1. The lowest BCUT2D eigenvalue weighted by Gasteiger charge is -2.22. The van der Waals surface area contributed by atoms with E-state index in [0.29, 0.717) is 19.4 Å². The van der Waals surface area contributed by atoms with Gasteiger partial charge in [0.15, 0.2) is 0 Å². The fourth-order valence-corrected chi connectivity index (χ4v) is 5.23. The molecule has 0 bridgehead atoms. The van der Waals surface area contributed by atoms with Crippen molar-refractivity contribution in [2.45, 2.75) is 130 Å². The minimum atomic E-state index is -1.12. The number of hydrogen-bond donors (Lipinski definition) is 4. The first kappa shape index (κ1) is 40.3. The number of alkyl carbamates (subject to hydrolysis) is 2. The smallest absolute Gasteiger partial charge is 0.408 e. The number of unbranched alkanes of at least 4 members (excludes halogenated alkanes) is 6. The molecule has 0 heterocycles. The Morgan fingerprint density at radius 3 is 1.79 bits per heavy atom. The van der Waals surface area contributed by atoms with Crippen LogP contribution in [0.4, 0.5) is 9.59 Å². The number of nitrogens with one attached hydrogen (secondary N) is 3. The fourth-order valence-electron chi connectivity index (χ4n) is 5.23. The molecule has 0 saturated carbocycles. The van der Waals surface area contributed by atoms with Crippen molar-refractivity contribution in [3.63, 3.8) is 0 Å². The summed E-state index contributed by atoms with van der Waals surface area (Å²) in [4.78, 5) is 34.2. The van der Waals surface area contributed by atoms with Crippen molar-refractivity contribution in [3.8, 4) is 0 Å². The predicted molar refractivity (Wildman–Crippen MR) is 195 cm³/mol. The van der Waals surface area contributed by atoms with Crippen molar-refractivity contribution in [2.24, 2.45) is 0 Å². The molecule has 266 valence electrons. The first-order valence-corrected chi connectivity index (χ1v) is 17.5. The van der Waals surface area contributed by atoms with Crippen LogP contribution in [0.15, 0.2) is 54.6 Å². The van der Waals surface area contributed by atoms with Crippen LogP contribution in [0, 0.1) is 0 Å². The van der Waals surface area contributed by atoms with E-state index in [1.165, 1.54) is 65.6 Å². The number of carboxylic acids is 1. The van der Waals surface area contributed by atoms with Crippen molar-refractivity contribution in [1.82, 2.24) is 16.0 Å². The van der Waals surface area contributed by atoms with Crippen LogP contribution in [0.2, 0.25) is 0 Å². The van der Waals surface area contributed by atoms with Crippen LogP contribution in [0.1, 0.15) is 112 Å². The zero-order valence-corrected chi connectivity index (χ0v) is 30.2. The highest BCUT2D eigenvalue weighted by molar-refractivity contribution is 6.02. The molecule has 0 aromatic heterocycles. The average Bonchev–Trinajstić information content (AvgIpc) is 2.99. The van der Waals surface area contributed by atoms with Gasteiger partial charge in [-0.05, 0) is 107 Å². The van der Waals surface area contributed by atoms with Gasteiger partial charge in [0.25, 0.3) is 0 Å². The first-order chi connectivity index (χ1) is 22.7. The Kier molecular flexibility index (Phi) is 17.2. The molecule has 1 atom stereocenters. The molecule has 0 radical (unpaired) electrons. The van der Waals surface area contributed by atoms with Gasteiger partial charge in [-0.2, -0.15) is 0 Å². The minimum Gasteiger partial charge on any atom is -0.480 e. The van der Waals surface area contributed by atoms with Crippen molar-refractivity contribution in [2.75, 3.05) is 13.1 Å². The van der Waals surface area contributed by atoms with E-state index in [4.69, 9.17) is 14.6 Å². The Morgan fingerprint density at radius 2 is 1.23 bits per heavy atom. The van der Waals surface area contributed by atoms with Gasteiger partial charge in [0.2, 0.25) is 0 Å². The number of benzene rings is 3. The highest BCUT2D eigenvalue weighted by Gasteiger charge is 2.23. The van der Waals surface area contributed by atoms with Gasteiger partial charge in [-0.1, -0.05) is 87.6 Å². The van der Waals surface area contributed by atoms with Gasteiger partial charge in [0, 0.05) is 13.1 Å². The van der Waals surface area contributed by atoms with E-state index in [9.17, 15) is 14.4 Å². The van der Waals surface area contributed by atoms with Gasteiger partial charge < -0.3 is 30.5 Å². The molecule has 48 heavy (non-hydrogen) atoms. The van der Waals surface area contributed by atoms with Crippen LogP contribution in [0.3, 0.4) is 0 Å². The van der Waals surface area contributed by atoms with E-state index in [1.54, 1.807) is 41.5 Å². The maximum Gasteiger partial charge on any atom is 0.408 e. The average molecular weight is 666 g/mol. The summed E-state index contributed by atoms with van der Waals surface area (Å²) in [5.41, 5.74) is 0.190. The van der Waals surface area contributed by atoms with Crippen LogP contribution in [0.5, 0.6) is 0 Å². The summed E-state index contributed by atoms with van der Waals surface area (Å²) in [5, 5.41) is 23.2. The molecule has 3 rings (SSSR count). The predicted octanol–water partition coefficient (Wildman–Crippen LogP) is 9.10. The maximum atomic E-state index is 11.6. The fraction of sp³-hybridized carbons (Fsp3) is 0.564. The van der Waals surface area contributed by atoms with Crippen LogP contribution < -0.4 is 16.0 Å². The Morgan fingerprint density at radius 1 is 0.708 bits per heavy atom. The number of amides is 2. The molecule has 9 nitrogen and oxygen atoms in total. The Balaban J connectivity index is 0.000000333. The molecule has 0 spiro atoms. The molecule has 2 amide bonds. The molecule has 0 aliphatic heterocycles. The molecular formula is C39H59N3O6. The number of carbonyl (C=O) groups is 3. The number of rotatable bonds is 16. The second-order valence-electron chi connectivity index (χ2n) is 14.2. The van der Waals surface area contributed by atoms with E-state index in [2.05, 4.69) is 77.5 Å². The van der Waals surface area contributed by atoms with Gasteiger partial charge in [-0.25, -0.2) is 14.4 Å². The summed E-state index contributed by atoms with van der Waals surface area (Å²) in [6.07, 6.45) is 8.17. The molecule has 3 aromatic rings. The molecule has 0 fully saturated rings. The van der Waals surface area contributed by atoms with Gasteiger partial charge >= 0.3 is 18.2 Å². The molecule has 0 unspecified atom stereocenters. The Hall–Kier alpha value is -3.85. The Bertz CT molecular complexity index is 1370. The summed E-state index contributed by atoms with van der Waals surface area (Å²) >= 11 is 0. The maximum absolute atomic E-state index is 11.6. The number of hydrogen-bond acceptors (Lipinski definition) is 6. The third-order valence-corrected chi connectivity index (χ3v) is 7.47. The van der Waals surface area contributed by atoms with E-state index in [-0.39, 0.29) is 6.42 Å². The molecule has 4 N–H and O–H groups in total.